The first-order valence-corrected chi connectivity index (χ1v) is 10.6. The van der Waals surface area contributed by atoms with E-state index in [1.807, 2.05) is 12.1 Å². The zero-order valence-corrected chi connectivity index (χ0v) is 15.8. The van der Waals surface area contributed by atoms with Gasteiger partial charge in [0, 0.05) is 37.1 Å². The van der Waals surface area contributed by atoms with E-state index in [1.54, 1.807) is 24.4 Å². The Labute approximate surface area is 159 Å². The van der Waals surface area contributed by atoms with Gasteiger partial charge in [-0.05, 0) is 42.3 Å². The standard InChI is InChI=1S/C19H23N3O4S/c20-19-2-1-14(12-21-19)15-9-16(22-4-7-25-8-5-22)11-18(10-15)27(23,24)17-3-6-26-13-17/h1-2,9-12,17H,3-8,13H2,(H2,20,21). The molecular formula is C19H23N3O4S. The molecule has 2 aliphatic heterocycles. The van der Waals surface area contributed by atoms with Crippen LogP contribution in [0, 0.1) is 0 Å². The number of aromatic nitrogens is 1. The summed E-state index contributed by atoms with van der Waals surface area (Å²) in [7, 11) is -3.47. The van der Waals surface area contributed by atoms with Gasteiger partial charge in [0.05, 0.1) is 30.0 Å². The van der Waals surface area contributed by atoms with E-state index in [9.17, 15) is 8.42 Å². The fourth-order valence-corrected chi connectivity index (χ4v) is 5.09. The number of pyridine rings is 1. The third kappa shape index (κ3) is 3.78. The first-order chi connectivity index (χ1) is 13.0. The Morgan fingerprint density at radius 3 is 2.52 bits per heavy atom. The third-order valence-corrected chi connectivity index (χ3v) is 7.18. The van der Waals surface area contributed by atoms with Crippen LogP contribution in [0.3, 0.4) is 0 Å². The maximum atomic E-state index is 13.1. The summed E-state index contributed by atoms with van der Waals surface area (Å²) in [5.41, 5.74) is 8.21. The molecule has 1 aromatic heterocycles. The molecule has 0 saturated carbocycles. The average molecular weight is 389 g/mol. The van der Waals surface area contributed by atoms with Crippen LogP contribution < -0.4 is 10.6 Å². The van der Waals surface area contributed by atoms with Crippen molar-refractivity contribution >= 4 is 21.3 Å². The number of hydrogen-bond acceptors (Lipinski definition) is 7. The van der Waals surface area contributed by atoms with Crippen LogP contribution in [0.1, 0.15) is 6.42 Å². The SMILES string of the molecule is Nc1ccc(-c2cc(N3CCOCC3)cc(S(=O)(=O)C3CCOC3)c2)cn1. The summed E-state index contributed by atoms with van der Waals surface area (Å²) < 4.78 is 37.0. The summed E-state index contributed by atoms with van der Waals surface area (Å²) in [6.45, 7) is 3.47. The second-order valence-corrected chi connectivity index (χ2v) is 9.05. The van der Waals surface area contributed by atoms with E-state index in [2.05, 4.69) is 9.88 Å². The van der Waals surface area contributed by atoms with Gasteiger partial charge < -0.3 is 20.1 Å². The average Bonchev–Trinajstić information content (AvgIpc) is 3.25. The van der Waals surface area contributed by atoms with Gasteiger partial charge in [-0.2, -0.15) is 0 Å². The lowest BCUT2D eigenvalue weighted by atomic mass is 10.1. The number of ether oxygens (including phenoxy) is 2. The molecule has 3 heterocycles. The van der Waals surface area contributed by atoms with Gasteiger partial charge in [-0.15, -0.1) is 0 Å². The van der Waals surface area contributed by atoms with Gasteiger partial charge in [-0.3, -0.25) is 0 Å². The van der Waals surface area contributed by atoms with E-state index < -0.39 is 15.1 Å². The second-order valence-electron chi connectivity index (χ2n) is 6.82. The molecule has 1 atom stereocenters. The molecule has 1 aromatic carbocycles. The molecule has 1 unspecified atom stereocenters. The predicted octanol–water partition coefficient (Wildman–Crippen LogP) is 1.73. The monoisotopic (exact) mass is 389 g/mol. The van der Waals surface area contributed by atoms with Crippen molar-refractivity contribution in [2.24, 2.45) is 0 Å². The van der Waals surface area contributed by atoms with Crippen LogP contribution in [0.25, 0.3) is 11.1 Å². The molecule has 2 aliphatic rings. The van der Waals surface area contributed by atoms with Crippen molar-refractivity contribution in [2.45, 2.75) is 16.6 Å². The quantitative estimate of drug-likeness (QED) is 0.851. The summed E-state index contributed by atoms with van der Waals surface area (Å²) >= 11 is 0. The van der Waals surface area contributed by atoms with Crippen molar-refractivity contribution in [3.05, 3.63) is 36.5 Å². The number of nitrogens with zero attached hydrogens (tertiary/aromatic N) is 2. The lowest BCUT2D eigenvalue weighted by Gasteiger charge is -2.29. The predicted molar refractivity (Wildman–Crippen MR) is 104 cm³/mol. The van der Waals surface area contributed by atoms with Crippen LogP contribution in [-0.4, -0.2) is 58.2 Å². The minimum Gasteiger partial charge on any atom is -0.384 e. The molecule has 27 heavy (non-hydrogen) atoms. The highest BCUT2D eigenvalue weighted by Crippen LogP contribution is 2.32. The van der Waals surface area contributed by atoms with Crippen molar-refractivity contribution in [3.8, 4) is 11.1 Å². The number of benzene rings is 1. The fraction of sp³-hybridized carbons (Fsp3) is 0.421. The van der Waals surface area contributed by atoms with E-state index in [4.69, 9.17) is 15.2 Å². The molecule has 7 nitrogen and oxygen atoms in total. The molecule has 2 N–H and O–H groups in total. The largest absolute Gasteiger partial charge is 0.384 e. The Balaban J connectivity index is 1.79. The molecule has 2 saturated heterocycles. The molecule has 4 rings (SSSR count). The third-order valence-electron chi connectivity index (χ3n) is 5.04. The first-order valence-electron chi connectivity index (χ1n) is 9.05. The normalized spacial score (nSPS) is 20.7. The topological polar surface area (TPSA) is 94.8 Å². The van der Waals surface area contributed by atoms with Crippen molar-refractivity contribution in [3.63, 3.8) is 0 Å². The molecule has 2 fully saturated rings. The van der Waals surface area contributed by atoms with E-state index in [0.29, 0.717) is 37.0 Å². The number of anilines is 2. The Morgan fingerprint density at radius 2 is 1.85 bits per heavy atom. The van der Waals surface area contributed by atoms with Gasteiger partial charge in [-0.25, -0.2) is 13.4 Å². The zero-order chi connectivity index (χ0) is 18.9. The minimum absolute atomic E-state index is 0.253. The van der Waals surface area contributed by atoms with E-state index >= 15 is 0 Å². The van der Waals surface area contributed by atoms with E-state index in [1.165, 1.54) is 0 Å². The number of nitrogen functional groups attached to an aromatic ring is 1. The molecule has 144 valence electrons. The van der Waals surface area contributed by atoms with E-state index in [0.717, 1.165) is 29.9 Å². The smallest absolute Gasteiger partial charge is 0.183 e. The van der Waals surface area contributed by atoms with Crippen molar-refractivity contribution in [2.75, 3.05) is 50.2 Å². The number of hydrogen-bond donors (Lipinski definition) is 1. The lowest BCUT2D eigenvalue weighted by molar-refractivity contribution is 0.122. The minimum atomic E-state index is -3.47. The molecule has 2 aromatic rings. The maximum Gasteiger partial charge on any atom is 0.183 e. The highest BCUT2D eigenvalue weighted by atomic mass is 32.2. The van der Waals surface area contributed by atoms with Gasteiger partial charge in [0.15, 0.2) is 9.84 Å². The summed E-state index contributed by atoms with van der Waals surface area (Å²) in [5.74, 6) is 0.430. The van der Waals surface area contributed by atoms with Crippen LogP contribution in [0.4, 0.5) is 11.5 Å². The van der Waals surface area contributed by atoms with Gasteiger partial charge in [0.1, 0.15) is 5.82 Å². The van der Waals surface area contributed by atoms with Gasteiger partial charge in [-0.1, -0.05) is 0 Å². The van der Waals surface area contributed by atoms with Gasteiger partial charge in [0.2, 0.25) is 0 Å². The summed E-state index contributed by atoms with van der Waals surface area (Å²) in [6, 6.07) is 9.08. The van der Waals surface area contributed by atoms with Crippen molar-refractivity contribution in [1.82, 2.24) is 4.98 Å². The molecule has 8 heteroatoms. The van der Waals surface area contributed by atoms with Crippen LogP contribution in [-0.2, 0) is 19.3 Å². The second kappa shape index (κ2) is 7.46. The Kier molecular flexibility index (Phi) is 5.03. The Bertz CT molecular complexity index is 903. The highest BCUT2D eigenvalue weighted by Gasteiger charge is 2.32. The lowest BCUT2D eigenvalue weighted by Crippen LogP contribution is -2.36. The summed E-state index contributed by atoms with van der Waals surface area (Å²) in [4.78, 5) is 6.62. The number of morpholine rings is 1. The van der Waals surface area contributed by atoms with Crippen LogP contribution >= 0.6 is 0 Å². The molecule has 0 radical (unpaired) electrons. The fourth-order valence-electron chi connectivity index (χ4n) is 3.44. The molecule has 0 bridgehead atoms. The van der Waals surface area contributed by atoms with Crippen LogP contribution in [0.2, 0.25) is 0 Å². The van der Waals surface area contributed by atoms with Gasteiger partial charge >= 0.3 is 0 Å². The van der Waals surface area contributed by atoms with Crippen LogP contribution in [0.5, 0.6) is 0 Å². The summed E-state index contributed by atoms with van der Waals surface area (Å²) in [5, 5.41) is -0.491. The molecule has 0 aliphatic carbocycles. The van der Waals surface area contributed by atoms with Crippen molar-refractivity contribution in [1.29, 1.82) is 0 Å². The molecular weight excluding hydrogens is 366 g/mol. The highest BCUT2D eigenvalue weighted by molar-refractivity contribution is 7.92. The summed E-state index contributed by atoms with van der Waals surface area (Å²) in [6.07, 6.45) is 2.20. The first kappa shape index (κ1) is 18.2. The van der Waals surface area contributed by atoms with Gasteiger partial charge in [0.25, 0.3) is 0 Å². The molecule has 0 spiro atoms. The van der Waals surface area contributed by atoms with E-state index in [-0.39, 0.29) is 6.61 Å². The van der Waals surface area contributed by atoms with Crippen LogP contribution in [0.15, 0.2) is 41.4 Å². The number of nitrogens with two attached hydrogens (primary N) is 1. The Hall–Kier alpha value is -2.16. The zero-order valence-electron chi connectivity index (χ0n) is 15.0. The van der Waals surface area contributed by atoms with Crippen molar-refractivity contribution < 1.29 is 17.9 Å². The maximum absolute atomic E-state index is 13.1. The number of rotatable bonds is 4. The number of sulfone groups is 1. The molecule has 0 amide bonds. The Morgan fingerprint density at radius 1 is 1.04 bits per heavy atom.